The van der Waals surface area contributed by atoms with Crippen LogP contribution in [0.4, 0.5) is 5.95 Å². The Hall–Kier alpha value is -1.73. The van der Waals surface area contributed by atoms with Crippen molar-refractivity contribution in [3.8, 4) is 0 Å². The number of fused-ring (bicyclic) bond motifs is 1. The van der Waals surface area contributed by atoms with Crippen molar-refractivity contribution in [1.29, 1.82) is 0 Å². The molecule has 2 aromatic heterocycles. The summed E-state index contributed by atoms with van der Waals surface area (Å²) in [5.41, 5.74) is 1.03. The Morgan fingerprint density at radius 3 is 3.11 bits per heavy atom. The lowest BCUT2D eigenvalue weighted by Gasteiger charge is -2.39. The summed E-state index contributed by atoms with van der Waals surface area (Å²) in [5, 5.41) is 2.06. The summed E-state index contributed by atoms with van der Waals surface area (Å²) in [7, 11) is 0. The molecule has 0 aliphatic carbocycles. The van der Waals surface area contributed by atoms with E-state index in [4.69, 9.17) is 9.72 Å². The second-order valence-electron chi connectivity index (χ2n) is 8.04. The number of ether oxygens (including phenoxy) is 1. The van der Waals surface area contributed by atoms with E-state index in [2.05, 4.69) is 26.2 Å². The Morgan fingerprint density at radius 1 is 1.26 bits per heavy atom. The smallest absolute Gasteiger partial charge is 0.225 e. The Labute approximate surface area is 163 Å². The first-order valence-electron chi connectivity index (χ1n) is 10.1. The van der Waals surface area contributed by atoms with Gasteiger partial charge in [0.15, 0.2) is 0 Å². The van der Waals surface area contributed by atoms with Crippen molar-refractivity contribution in [2.75, 3.05) is 31.1 Å². The Kier molecular flexibility index (Phi) is 4.52. The molecule has 6 nitrogen and oxygen atoms in total. The normalized spacial score (nSPS) is 29.2. The van der Waals surface area contributed by atoms with Crippen LogP contribution >= 0.6 is 11.3 Å². The fraction of sp³-hybridized carbons (Fsp3) is 0.650. The van der Waals surface area contributed by atoms with Gasteiger partial charge in [0.2, 0.25) is 11.9 Å². The van der Waals surface area contributed by atoms with Crippen LogP contribution in [0.5, 0.6) is 0 Å². The van der Waals surface area contributed by atoms with Gasteiger partial charge in [-0.1, -0.05) is 0 Å². The molecule has 0 bridgehead atoms. The third-order valence-corrected chi connectivity index (χ3v) is 7.32. The monoisotopic (exact) mass is 386 g/mol. The van der Waals surface area contributed by atoms with Gasteiger partial charge >= 0.3 is 0 Å². The van der Waals surface area contributed by atoms with Crippen molar-refractivity contribution in [3.05, 3.63) is 17.6 Å². The molecule has 2 aromatic rings. The van der Waals surface area contributed by atoms with Crippen molar-refractivity contribution < 1.29 is 9.53 Å². The van der Waals surface area contributed by atoms with E-state index in [1.165, 1.54) is 0 Å². The molecular weight excluding hydrogens is 360 g/mol. The maximum Gasteiger partial charge on any atom is 0.225 e. The molecule has 1 spiro atoms. The largest absolute Gasteiger partial charge is 0.376 e. The fourth-order valence-electron chi connectivity index (χ4n) is 4.97. The number of anilines is 1. The molecule has 7 heteroatoms. The third kappa shape index (κ3) is 3.21. The number of carbonyl (C=O) groups is 1. The Morgan fingerprint density at radius 2 is 2.22 bits per heavy atom. The molecule has 1 amide bonds. The number of likely N-dealkylation sites (tertiary alicyclic amines) is 1. The third-order valence-electron chi connectivity index (χ3n) is 6.48. The first kappa shape index (κ1) is 17.4. The van der Waals surface area contributed by atoms with Gasteiger partial charge in [-0.2, -0.15) is 0 Å². The van der Waals surface area contributed by atoms with Crippen LogP contribution in [-0.2, 0) is 9.53 Å². The van der Waals surface area contributed by atoms with Crippen molar-refractivity contribution in [2.45, 2.75) is 56.6 Å². The van der Waals surface area contributed by atoms with E-state index >= 15 is 0 Å². The SMILES string of the molecule is O=C1CC[C@]2(CCCN(c3ncc4sccc4n3)CC2)N1C[C@H]1CCCO1. The van der Waals surface area contributed by atoms with E-state index in [-0.39, 0.29) is 11.6 Å². The maximum atomic E-state index is 12.6. The molecule has 27 heavy (non-hydrogen) atoms. The lowest BCUT2D eigenvalue weighted by atomic mass is 9.87. The fourth-order valence-corrected chi connectivity index (χ4v) is 5.66. The first-order chi connectivity index (χ1) is 13.2. The predicted octanol–water partition coefficient (Wildman–Crippen LogP) is 3.22. The van der Waals surface area contributed by atoms with Gasteiger partial charge in [0, 0.05) is 38.2 Å². The molecule has 3 saturated heterocycles. The van der Waals surface area contributed by atoms with Crippen LogP contribution in [0.25, 0.3) is 10.2 Å². The van der Waals surface area contributed by atoms with Gasteiger partial charge in [-0.05, 0) is 50.0 Å². The molecule has 3 aliphatic rings. The molecule has 144 valence electrons. The Balaban J connectivity index is 1.33. The van der Waals surface area contributed by atoms with E-state index < -0.39 is 0 Å². The van der Waals surface area contributed by atoms with Gasteiger partial charge in [-0.25, -0.2) is 9.97 Å². The number of thiophene rings is 1. The van der Waals surface area contributed by atoms with Crippen molar-refractivity contribution >= 4 is 33.4 Å². The van der Waals surface area contributed by atoms with Crippen LogP contribution in [0, 0.1) is 0 Å². The zero-order valence-corrected chi connectivity index (χ0v) is 16.4. The van der Waals surface area contributed by atoms with Crippen molar-refractivity contribution in [2.24, 2.45) is 0 Å². The van der Waals surface area contributed by atoms with E-state index in [0.29, 0.717) is 12.3 Å². The van der Waals surface area contributed by atoms with Crippen LogP contribution in [0.3, 0.4) is 0 Å². The number of hydrogen-bond acceptors (Lipinski definition) is 6. The minimum atomic E-state index is 0.00423. The first-order valence-corrected chi connectivity index (χ1v) is 11.0. The Bertz CT molecular complexity index is 834. The summed E-state index contributed by atoms with van der Waals surface area (Å²) in [6, 6.07) is 2.06. The zero-order chi connectivity index (χ0) is 18.3. The van der Waals surface area contributed by atoms with Crippen LogP contribution in [0.15, 0.2) is 17.6 Å². The summed E-state index contributed by atoms with van der Waals surface area (Å²) in [6.45, 7) is 3.48. The molecule has 5 rings (SSSR count). The quantitative estimate of drug-likeness (QED) is 0.811. The zero-order valence-electron chi connectivity index (χ0n) is 15.6. The summed E-state index contributed by atoms with van der Waals surface area (Å²) in [6.07, 6.45) is 9.18. The van der Waals surface area contributed by atoms with Crippen molar-refractivity contribution in [1.82, 2.24) is 14.9 Å². The summed E-state index contributed by atoms with van der Waals surface area (Å²) in [5.74, 6) is 1.14. The maximum absolute atomic E-state index is 12.6. The molecule has 0 saturated carbocycles. The van der Waals surface area contributed by atoms with Crippen LogP contribution in [0.1, 0.15) is 44.9 Å². The molecule has 3 aliphatic heterocycles. The van der Waals surface area contributed by atoms with Crippen molar-refractivity contribution in [3.63, 3.8) is 0 Å². The van der Waals surface area contributed by atoms with Crippen LogP contribution in [-0.4, -0.2) is 58.7 Å². The number of amides is 1. The number of nitrogens with zero attached hydrogens (tertiary/aromatic N) is 4. The lowest BCUT2D eigenvalue weighted by molar-refractivity contribution is -0.133. The summed E-state index contributed by atoms with van der Waals surface area (Å²) >= 11 is 1.68. The van der Waals surface area contributed by atoms with Gasteiger partial charge in [0.1, 0.15) is 0 Å². The number of aromatic nitrogens is 2. The molecule has 2 atom stereocenters. The topological polar surface area (TPSA) is 58.6 Å². The standard InChI is InChI=1S/C20H26N4O2S/c25-18-4-7-20(24(18)14-15-3-1-11-26-15)6-2-9-23(10-8-20)19-21-13-17-16(22-19)5-12-27-17/h5,12-13,15H,1-4,6-11,14H2/t15-,20+/m1/s1. The second kappa shape index (κ2) is 7.02. The summed E-state index contributed by atoms with van der Waals surface area (Å²) in [4.78, 5) is 26.5. The lowest BCUT2D eigenvalue weighted by Crippen LogP contribution is -2.49. The van der Waals surface area contributed by atoms with Gasteiger partial charge < -0.3 is 14.5 Å². The van der Waals surface area contributed by atoms with E-state index in [1.807, 2.05) is 6.20 Å². The highest BCUT2D eigenvalue weighted by Crippen LogP contribution is 2.40. The van der Waals surface area contributed by atoms with E-state index in [0.717, 1.165) is 80.9 Å². The van der Waals surface area contributed by atoms with Gasteiger partial charge in [0.05, 0.1) is 22.5 Å². The number of carbonyl (C=O) groups excluding carboxylic acids is 1. The average molecular weight is 387 g/mol. The highest BCUT2D eigenvalue weighted by molar-refractivity contribution is 7.17. The molecule has 0 unspecified atom stereocenters. The van der Waals surface area contributed by atoms with Crippen LogP contribution in [0.2, 0.25) is 0 Å². The second-order valence-corrected chi connectivity index (χ2v) is 8.99. The number of hydrogen-bond donors (Lipinski definition) is 0. The van der Waals surface area contributed by atoms with Gasteiger partial charge in [-0.3, -0.25) is 4.79 Å². The minimum Gasteiger partial charge on any atom is -0.376 e. The molecule has 0 radical (unpaired) electrons. The minimum absolute atomic E-state index is 0.00423. The number of rotatable bonds is 3. The van der Waals surface area contributed by atoms with Gasteiger partial charge in [0.25, 0.3) is 0 Å². The molecule has 3 fully saturated rings. The van der Waals surface area contributed by atoms with E-state index in [1.54, 1.807) is 11.3 Å². The van der Waals surface area contributed by atoms with Crippen LogP contribution < -0.4 is 4.90 Å². The average Bonchev–Trinajstić information content (AvgIpc) is 3.38. The van der Waals surface area contributed by atoms with E-state index in [9.17, 15) is 4.79 Å². The summed E-state index contributed by atoms with van der Waals surface area (Å²) < 4.78 is 6.96. The van der Waals surface area contributed by atoms with Gasteiger partial charge in [-0.15, -0.1) is 11.3 Å². The molecule has 0 N–H and O–H groups in total. The highest BCUT2D eigenvalue weighted by Gasteiger charge is 2.46. The molecular formula is C20H26N4O2S. The molecule has 5 heterocycles. The molecule has 0 aromatic carbocycles. The highest BCUT2D eigenvalue weighted by atomic mass is 32.1. The predicted molar refractivity (Wildman–Crippen MR) is 106 cm³/mol.